The Morgan fingerprint density at radius 1 is 0.500 bits per heavy atom. The monoisotopic (exact) mass is 336 g/mol. The van der Waals surface area contributed by atoms with Crippen molar-refractivity contribution in [3.63, 3.8) is 0 Å². The van der Waals surface area contributed by atoms with Crippen LogP contribution in [0.3, 0.4) is 0 Å². The van der Waals surface area contributed by atoms with E-state index < -0.39 is 0 Å². The molecule has 0 radical (unpaired) electrons. The van der Waals surface area contributed by atoms with Gasteiger partial charge < -0.3 is 0 Å². The number of rotatable bonds is 0. The largest absolute Gasteiger partial charge is 0.232 e. The summed E-state index contributed by atoms with van der Waals surface area (Å²) >= 11 is 0. The summed E-state index contributed by atoms with van der Waals surface area (Å²) in [6.07, 6.45) is 0. The van der Waals surface area contributed by atoms with Crippen LogP contribution in [-0.4, -0.2) is 24.1 Å². The molecule has 0 atom stereocenters. The zero-order valence-electron chi connectivity index (χ0n) is 15.0. The Morgan fingerprint density at radius 3 is 1.04 bits per heavy atom. The summed E-state index contributed by atoms with van der Waals surface area (Å²) < 4.78 is 0. The second-order valence-corrected chi connectivity index (χ2v) is 7.61. The Kier molecular flexibility index (Phi) is 2.75. The first-order valence-corrected chi connectivity index (χ1v) is 9.23. The van der Waals surface area contributed by atoms with E-state index in [9.17, 15) is 0 Å². The Balaban J connectivity index is 1.71. The van der Waals surface area contributed by atoms with Crippen LogP contribution in [0.5, 0.6) is 0 Å². The summed E-state index contributed by atoms with van der Waals surface area (Å²) in [6.45, 7) is 0. The van der Waals surface area contributed by atoms with E-state index in [1.807, 2.05) is 0 Å². The van der Waals surface area contributed by atoms with Crippen molar-refractivity contribution in [3.8, 4) is 0 Å². The highest BCUT2D eigenvalue weighted by Crippen LogP contribution is 2.52. The zero-order valence-corrected chi connectivity index (χ0v) is 15.0. The fourth-order valence-corrected chi connectivity index (χ4v) is 5.00. The standard InChI is InChI=1S/C24H20N2/c1-25-23-19-11-15-7-3-5-9-17(15)13-21(19)24(26(25)2)22-14-18-10-6-4-8-16(18)12-20(22)23/h3-14,23-24H,1-2H3. The minimum absolute atomic E-state index is 0.282. The van der Waals surface area contributed by atoms with Gasteiger partial charge in [-0.2, -0.15) is 0 Å². The second kappa shape index (κ2) is 4.94. The molecule has 0 fully saturated rings. The molecule has 7 rings (SSSR count). The SMILES string of the molecule is CN1C2c3cc4ccccc4cc3C(c3cc4ccccc4cc32)N1C. The molecule has 2 heteroatoms. The lowest BCUT2D eigenvalue weighted by Gasteiger charge is -2.52. The van der Waals surface area contributed by atoms with Crippen LogP contribution in [0, 0.1) is 0 Å². The van der Waals surface area contributed by atoms with Gasteiger partial charge in [0.05, 0.1) is 12.1 Å². The molecular weight excluding hydrogens is 316 g/mol. The predicted octanol–water partition coefficient (Wildman–Crippen LogP) is 5.28. The van der Waals surface area contributed by atoms with E-state index in [2.05, 4.69) is 96.9 Å². The minimum atomic E-state index is 0.282. The van der Waals surface area contributed by atoms with Crippen LogP contribution in [0.1, 0.15) is 34.3 Å². The normalized spacial score (nSPS) is 21.9. The van der Waals surface area contributed by atoms with E-state index in [1.54, 1.807) is 0 Å². The lowest BCUT2D eigenvalue weighted by molar-refractivity contribution is -0.0556. The molecule has 0 unspecified atom stereocenters. The fraction of sp³-hybridized carbons (Fsp3) is 0.167. The topological polar surface area (TPSA) is 6.48 Å². The van der Waals surface area contributed by atoms with Gasteiger partial charge in [0.25, 0.3) is 0 Å². The lowest BCUT2D eigenvalue weighted by atomic mass is 9.75. The first-order valence-electron chi connectivity index (χ1n) is 9.23. The minimum Gasteiger partial charge on any atom is -0.232 e. The van der Waals surface area contributed by atoms with Crippen LogP contribution in [0.25, 0.3) is 21.5 Å². The van der Waals surface area contributed by atoms with E-state index in [4.69, 9.17) is 0 Å². The number of hydrogen-bond donors (Lipinski definition) is 0. The van der Waals surface area contributed by atoms with Crippen LogP contribution in [0.2, 0.25) is 0 Å². The third-order valence-electron chi connectivity index (χ3n) is 6.33. The zero-order chi connectivity index (χ0) is 17.4. The number of benzene rings is 4. The Hall–Kier alpha value is -2.68. The molecule has 126 valence electrons. The Labute approximate surface area is 153 Å². The first kappa shape index (κ1) is 14.5. The van der Waals surface area contributed by atoms with Crippen LogP contribution in [0.15, 0.2) is 72.8 Å². The fourth-order valence-electron chi connectivity index (χ4n) is 5.00. The number of hydrogen-bond acceptors (Lipinski definition) is 2. The Bertz CT molecular complexity index is 1010. The molecule has 2 aliphatic heterocycles. The molecule has 0 amide bonds. The van der Waals surface area contributed by atoms with E-state index in [0.29, 0.717) is 0 Å². The Morgan fingerprint density at radius 2 is 0.769 bits per heavy atom. The molecule has 0 saturated heterocycles. The highest BCUT2D eigenvalue weighted by Gasteiger charge is 2.44. The van der Waals surface area contributed by atoms with Crippen molar-refractivity contribution < 1.29 is 0 Å². The van der Waals surface area contributed by atoms with E-state index in [-0.39, 0.29) is 12.1 Å². The number of nitrogens with zero attached hydrogens (tertiary/aromatic N) is 2. The van der Waals surface area contributed by atoms with Gasteiger partial charge in [0.1, 0.15) is 0 Å². The predicted molar refractivity (Wildman–Crippen MR) is 107 cm³/mol. The molecule has 0 spiro atoms. The summed E-state index contributed by atoms with van der Waals surface area (Å²) in [7, 11) is 4.43. The molecule has 3 aliphatic rings. The van der Waals surface area contributed by atoms with Gasteiger partial charge in [-0.3, -0.25) is 0 Å². The number of fused-ring (bicyclic) bond motifs is 3. The molecule has 1 aliphatic carbocycles. The smallest absolute Gasteiger partial charge is 0.0749 e. The molecule has 26 heavy (non-hydrogen) atoms. The highest BCUT2D eigenvalue weighted by molar-refractivity contribution is 5.88. The van der Waals surface area contributed by atoms with Crippen molar-refractivity contribution >= 4 is 21.5 Å². The average molecular weight is 336 g/mol. The van der Waals surface area contributed by atoms with Crippen molar-refractivity contribution in [2.75, 3.05) is 14.1 Å². The third-order valence-corrected chi connectivity index (χ3v) is 6.33. The van der Waals surface area contributed by atoms with Crippen LogP contribution in [-0.2, 0) is 0 Å². The summed E-state index contributed by atoms with van der Waals surface area (Å²) in [5, 5.41) is 10.1. The lowest BCUT2D eigenvalue weighted by Crippen LogP contribution is -2.51. The van der Waals surface area contributed by atoms with Gasteiger partial charge in [0.15, 0.2) is 0 Å². The van der Waals surface area contributed by atoms with E-state index in [0.717, 1.165) is 0 Å². The second-order valence-electron chi connectivity index (χ2n) is 7.61. The maximum absolute atomic E-state index is 2.41. The quantitative estimate of drug-likeness (QED) is 0.431. The van der Waals surface area contributed by atoms with Crippen molar-refractivity contribution in [2.45, 2.75) is 12.1 Å². The van der Waals surface area contributed by atoms with Crippen LogP contribution in [0.4, 0.5) is 0 Å². The third kappa shape index (κ3) is 1.73. The van der Waals surface area contributed by atoms with Gasteiger partial charge in [-0.15, -0.1) is 0 Å². The van der Waals surface area contributed by atoms with Crippen molar-refractivity contribution in [1.29, 1.82) is 0 Å². The molecule has 0 saturated carbocycles. The van der Waals surface area contributed by atoms with E-state index in [1.165, 1.54) is 43.8 Å². The van der Waals surface area contributed by atoms with Crippen molar-refractivity contribution in [2.24, 2.45) is 0 Å². The average Bonchev–Trinajstić information content (AvgIpc) is 2.67. The number of hydrazine groups is 1. The van der Waals surface area contributed by atoms with Gasteiger partial charge in [0, 0.05) is 14.1 Å². The maximum Gasteiger partial charge on any atom is 0.0749 e. The van der Waals surface area contributed by atoms with Gasteiger partial charge >= 0.3 is 0 Å². The van der Waals surface area contributed by atoms with Crippen LogP contribution < -0.4 is 0 Å². The van der Waals surface area contributed by atoms with Gasteiger partial charge in [-0.05, 0) is 68.1 Å². The molecule has 2 bridgehead atoms. The molecule has 4 aromatic carbocycles. The summed E-state index contributed by atoms with van der Waals surface area (Å²) in [4.78, 5) is 0. The van der Waals surface area contributed by atoms with Crippen molar-refractivity contribution in [3.05, 3.63) is 95.1 Å². The first-order chi connectivity index (χ1) is 12.7. The molecule has 2 nitrogen and oxygen atoms in total. The summed E-state index contributed by atoms with van der Waals surface area (Å²) in [5.41, 5.74) is 5.82. The molecular formula is C24H20N2. The van der Waals surface area contributed by atoms with Gasteiger partial charge in [0.2, 0.25) is 0 Å². The maximum atomic E-state index is 2.41. The molecule has 0 N–H and O–H groups in total. The van der Waals surface area contributed by atoms with Crippen LogP contribution >= 0.6 is 0 Å². The molecule has 0 aromatic heterocycles. The molecule has 4 aromatic rings. The summed E-state index contributed by atoms with van der Waals surface area (Å²) in [5.74, 6) is 0. The highest BCUT2D eigenvalue weighted by atomic mass is 15.6. The summed E-state index contributed by atoms with van der Waals surface area (Å²) in [6, 6.07) is 27.6. The van der Waals surface area contributed by atoms with Gasteiger partial charge in [-0.1, -0.05) is 48.5 Å². The van der Waals surface area contributed by atoms with Gasteiger partial charge in [-0.25, -0.2) is 10.0 Å². The van der Waals surface area contributed by atoms with Crippen molar-refractivity contribution in [1.82, 2.24) is 10.0 Å². The van der Waals surface area contributed by atoms with E-state index >= 15 is 0 Å². The molecule has 2 heterocycles.